The zero-order chi connectivity index (χ0) is 14.1. The number of hydrogen-bond donors (Lipinski definition) is 0. The molecule has 1 saturated heterocycles. The van der Waals surface area contributed by atoms with E-state index in [9.17, 15) is 0 Å². The highest BCUT2D eigenvalue weighted by Crippen LogP contribution is 2.36. The zero-order valence-electron chi connectivity index (χ0n) is 11.8. The summed E-state index contributed by atoms with van der Waals surface area (Å²) in [6, 6.07) is 7.75. The van der Waals surface area contributed by atoms with Crippen molar-refractivity contribution in [2.45, 2.75) is 45.4 Å². The second kappa shape index (κ2) is 4.89. The molecule has 2 rings (SSSR count). The van der Waals surface area contributed by atoms with E-state index in [-0.39, 0.29) is 18.3 Å². The van der Waals surface area contributed by atoms with Crippen LogP contribution in [0.4, 0.5) is 0 Å². The molecule has 0 aromatic heterocycles. The maximum absolute atomic E-state index is 8.29. The van der Waals surface area contributed by atoms with Crippen molar-refractivity contribution < 1.29 is 9.31 Å². The van der Waals surface area contributed by atoms with Gasteiger partial charge in [0.2, 0.25) is 0 Å². The van der Waals surface area contributed by atoms with E-state index in [2.05, 4.69) is 10.0 Å². The zero-order valence-corrected chi connectivity index (χ0v) is 11.8. The Morgan fingerprint density at radius 1 is 1.11 bits per heavy atom. The number of rotatable bonds is 3. The van der Waals surface area contributed by atoms with Crippen molar-refractivity contribution in [2.24, 2.45) is 5.11 Å². The normalized spacial score (nSPS) is 20.1. The Hall–Kier alpha value is -1.49. The number of hydrogen-bond acceptors (Lipinski definition) is 3. The first-order valence-electron chi connectivity index (χ1n) is 6.31. The van der Waals surface area contributed by atoms with Gasteiger partial charge in [-0.15, -0.1) is 0 Å². The van der Waals surface area contributed by atoms with Gasteiger partial charge in [0.05, 0.1) is 17.7 Å². The summed E-state index contributed by atoms with van der Waals surface area (Å²) in [6.07, 6.45) is 0. The van der Waals surface area contributed by atoms with Gasteiger partial charge in [-0.1, -0.05) is 29.4 Å². The van der Waals surface area contributed by atoms with E-state index in [1.165, 1.54) is 0 Å². The first-order chi connectivity index (χ1) is 8.86. The summed E-state index contributed by atoms with van der Waals surface area (Å²) >= 11 is 0. The molecule has 0 atom stereocenters. The average Bonchev–Trinajstić information content (AvgIpc) is 2.56. The predicted molar refractivity (Wildman–Crippen MR) is 75.0 cm³/mol. The molecule has 0 unspecified atom stereocenters. The van der Waals surface area contributed by atoms with E-state index in [0.717, 1.165) is 11.0 Å². The van der Waals surface area contributed by atoms with Gasteiger partial charge in [0.1, 0.15) is 0 Å². The molecule has 0 aliphatic carbocycles. The van der Waals surface area contributed by atoms with Gasteiger partial charge in [-0.05, 0) is 44.3 Å². The monoisotopic (exact) mass is 259 g/mol. The first kappa shape index (κ1) is 13.9. The van der Waals surface area contributed by atoms with Gasteiger partial charge in [-0.2, -0.15) is 0 Å². The fourth-order valence-corrected chi connectivity index (χ4v) is 1.87. The maximum Gasteiger partial charge on any atom is 0.494 e. The Morgan fingerprint density at radius 2 is 1.63 bits per heavy atom. The molecule has 0 radical (unpaired) electrons. The van der Waals surface area contributed by atoms with Gasteiger partial charge in [0, 0.05) is 4.91 Å². The fraction of sp³-hybridized carbons (Fsp3) is 0.538. The Morgan fingerprint density at radius 3 is 2.11 bits per heavy atom. The lowest BCUT2D eigenvalue weighted by Crippen LogP contribution is -2.41. The highest BCUT2D eigenvalue weighted by molar-refractivity contribution is 6.62. The standard InChI is InChI=1S/C13H18BN3O2/c1-12(2)13(3,4)19-14(18-12)11-7-5-10(6-8-11)9-16-17-15/h5-8H,9H2,1-4H3. The first-order valence-corrected chi connectivity index (χ1v) is 6.31. The third-order valence-corrected chi connectivity index (χ3v) is 3.82. The summed E-state index contributed by atoms with van der Waals surface area (Å²) < 4.78 is 11.9. The van der Waals surface area contributed by atoms with Crippen LogP contribution in [0.2, 0.25) is 0 Å². The van der Waals surface area contributed by atoms with Gasteiger partial charge in [0.15, 0.2) is 0 Å². The lowest BCUT2D eigenvalue weighted by molar-refractivity contribution is 0.00578. The van der Waals surface area contributed by atoms with Crippen LogP contribution in [0.5, 0.6) is 0 Å². The lowest BCUT2D eigenvalue weighted by atomic mass is 9.79. The second-order valence-corrected chi connectivity index (χ2v) is 5.72. The van der Waals surface area contributed by atoms with Gasteiger partial charge >= 0.3 is 7.12 Å². The predicted octanol–water partition coefficient (Wildman–Crippen LogP) is 2.80. The van der Waals surface area contributed by atoms with Crippen LogP contribution in [0.25, 0.3) is 10.4 Å². The Kier molecular flexibility index (Phi) is 3.59. The van der Waals surface area contributed by atoms with E-state index in [1.54, 1.807) is 0 Å². The van der Waals surface area contributed by atoms with Crippen molar-refractivity contribution in [3.63, 3.8) is 0 Å². The summed E-state index contributed by atoms with van der Waals surface area (Å²) in [4.78, 5) is 2.74. The molecular formula is C13H18BN3O2. The van der Waals surface area contributed by atoms with E-state index < -0.39 is 0 Å². The Labute approximate surface area is 113 Å². The van der Waals surface area contributed by atoms with Crippen LogP contribution in [0.3, 0.4) is 0 Å². The van der Waals surface area contributed by atoms with Crippen LogP contribution >= 0.6 is 0 Å². The molecule has 0 saturated carbocycles. The van der Waals surface area contributed by atoms with Crippen LogP contribution in [-0.4, -0.2) is 18.3 Å². The van der Waals surface area contributed by atoms with Crippen molar-refractivity contribution in [1.29, 1.82) is 0 Å². The molecular weight excluding hydrogens is 241 g/mol. The number of nitrogens with zero attached hydrogens (tertiary/aromatic N) is 3. The average molecular weight is 259 g/mol. The summed E-state index contributed by atoms with van der Waals surface area (Å²) in [5.41, 5.74) is 9.57. The second-order valence-electron chi connectivity index (χ2n) is 5.72. The highest BCUT2D eigenvalue weighted by Gasteiger charge is 2.51. The Bertz CT molecular complexity index is 491. The molecule has 1 aromatic carbocycles. The van der Waals surface area contributed by atoms with Crippen molar-refractivity contribution in [2.75, 3.05) is 0 Å². The van der Waals surface area contributed by atoms with Gasteiger partial charge in [0.25, 0.3) is 0 Å². The van der Waals surface area contributed by atoms with E-state index in [1.807, 2.05) is 52.0 Å². The van der Waals surface area contributed by atoms with Crippen LogP contribution in [0.1, 0.15) is 33.3 Å². The van der Waals surface area contributed by atoms with Crippen LogP contribution in [0.15, 0.2) is 29.4 Å². The van der Waals surface area contributed by atoms with Crippen molar-refractivity contribution in [3.8, 4) is 0 Å². The molecule has 1 heterocycles. The molecule has 5 nitrogen and oxygen atoms in total. The lowest BCUT2D eigenvalue weighted by Gasteiger charge is -2.32. The van der Waals surface area contributed by atoms with Gasteiger partial charge in [-0.25, -0.2) is 0 Å². The summed E-state index contributed by atoms with van der Waals surface area (Å²) in [5.74, 6) is 0. The third kappa shape index (κ3) is 2.76. The molecule has 0 bridgehead atoms. The van der Waals surface area contributed by atoms with E-state index in [0.29, 0.717) is 6.54 Å². The summed E-state index contributed by atoms with van der Waals surface area (Å²) in [6.45, 7) is 8.48. The van der Waals surface area contributed by atoms with E-state index in [4.69, 9.17) is 14.8 Å². The van der Waals surface area contributed by atoms with Crippen LogP contribution < -0.4 is 5.46 Å². The minimum absolute atomic E-state index is 0.332. The third-order valence-electron chi connectivity index (χ3n) is 3.82. The smallest absolute Gasteiger partial charge is 0.399 e. The number of azide groups is 1. The number of benzene rings is 1. The van der Waals surface area contributed by atoms with Crippen molar-refractivity contribution >= 4 is 12.6 Å². The maximum atomic E-state index is 8.29. The molecule has 0 N–H and O–H groups in total. The van der Waals surface area contributed by atoms with Crippen LogP contribution in [-0.2, 0) is 15.9 Å². The molecule has 6 heteroatoms. The molecule has 1 fully saturated rings. The Balaban J connectivity index is 2.14. The molecule has 100 valence electrons. The molecule has 0 amide bonds. The molecule has 1 aromatic rings. The quantitative estimate of drug-likeness (QED) is 0.362. The minimum Gasteiger partial charge on any atom is -0.399 e. The topological polar surface area (TPSA) is 67.2 Å². The largest absolute Gasteiger partial charge is 0.494 e. The van der Waals surface area contributed by atoms with Crippen LogP contribution in [0, 0.1) is 0 Å². The summed E-state index contributed by atoms with van der Waals surface area (Å²) in [5, 5.41) is 3.53. The van der Waals surface area contributed by atoms with Crippen molar-refractivity contribution in [3.05, 3.63) is 40.3 Å². The molecule has 1 aliphatic rings. The summed E-state index contributed by atoms with van der Waals surface area (Å²) in [7, 11) is -0.349. The van der Waals surface area contributed by atoms with E-state index >= 15 is 0 Å². The van der Waals surface area contributed by atoms with Gasteiger partial charge < -0.3 is 9.31 Å². The fourth-order valence-electron chi connectivity index (χ4n) is 1.87. The SMILES string of the molecule is CC1(C)OB(c2ccc(CN=[N+]=[N-])cc2)OC1(C)C. The minimum atomic E-state index is -0.349. The highest BCUT2D eigenvalue weighted by atomic mass is 16.7. The van der Waals surface area contributed by atoms with Gasteiger partial charge in [-0.3, -0.25) is 0 Å². The molecule has 1 aliphatic heterocycles. The molecule has 0 spiro atoms. The molecule has 19 heavy (non-hydrogen) atoms. The van der Waals surface area contributed by atoms with Crippen molar-refractivity contribution in [1.82, 2.24) is 0 Å².